The Bertz CT molecular complexity index is 552. The SMILES string of the molecule is CC(=O)c1ccc(NC(=O)N2CCOCC3(CC3)C2)nc1. The highest BCUT2D eigenvalue weighted by Crippen LogP contribution is 2.47. The Balaban J connectivity index is 1.63. The zero-order chi connectivity index (χ0) is 14.9. The lowest BCUT2D eigenvalue weighted by Crippen LogP contribution is -2.39. The molecule has 6 nitrogen and oxygen atoms in total. The number of Topliss-reactive ketones (excluding diaryl/α,β-unsaturated/α-hetero) is 1. The average Bonchev–Trinajstić information content (AvgIpc) is 3.26. The van der Waals surface area contributed by atoms with Crippen molar-refractivity contribution in [2.45, 2.75) is 19.8 Å². The molecule has 0 unspecified atom stereocenters. The molecule has 1 spiro atoms. The largest absolute Gasteiger partial charge is 0.379 e. The summed E-state index contributed by atoms with van der Waals surface area (Å²) in [4.78, 5) is 29.4. The minimum absolute atomic E-state index is 0.0410. The van der Waals surface area contributed by atoms with Crippen LogP contribution >= 0.6 is 0 Å². The molecule has 21 heavy (non-hydrogen) atoms. The van der Waals surface area contributed by atoms with Gasteiger partial charge in [0.15, 0.2) is 5.78 Å². The molecular weight excluding hydrogens is 270 g/mol. The van der Waals surface area contributed by atoms with Crippen molar-refractivity contribution >= 4 is 17.6 Å². The Labute approximate surface area is 123 Å². The Morgan fingerprint density at radius 2 is 2.19 bits per heavy atom. The number of hydrogen-bond donors (Lipinski definition) is 1. The summed E-state index contributed by atoms with van der Waals surface area (Å²) in [6.45, 7) is 4.15. The number of rotatable bonds is 2. The number of ketones is 1. The van der Waals surface area contributed by atoms with E-state index < -0.39 is 0 Å². The van der Waals surface area contributed by atoms with Crippen LogP contribution in [0.15, 0.2) is 18.3 Å². The molecule has 2 fully saturated rings. The van der Waals surface area contributed by atoms with E-state index >= 15 is 0 Å². The number of nitrogens with zero attached hydrogens (tertiary/aromatic N) is 2. The molecule has 0 aromatic carbocycles. The molecule has 1 aliphatic carbocycles. The summed E-state index contributed by atoms with van der Waals surface area (Å²) in [6.07, 6.45) is 3.73. The summed E-state index contributed by atoms with van der Waals surface area (Å²) in [6, 6.07) is 3.16. The van der Waals surface area contributed by atoms with Gasteiger partial charge < -0.3 is 9.64 Å². The van der Waals surface area contributed by atoms with Gasteiger partial charge in [-0.05, 0) is 31.9 Å². The second-order valence-electron chi connectivity index (χ2n) is 5.89. The average molecular weight is 289 g/mol. The maximum atomic E-state index is 12.3. The van der Waals surface area contributed by atoms with Gasteiger partial charge in [-0.15, -0.1) is 0 Å². The second-order valence-corrected chi connectivity index (χ2v) is 5.89. The normalized spacial score (nSPS) is 20.0. The van der Waals surface area contributed by atoms with Gasteiger partial charge in [-0.3, -0.25) is 10.1 Å². The minimum Gasteiger partial charge on any atom is -0.379 e. The van der Waals surface area contributed by atoms with E-state index in [9.17, 15) is 9.59 Å². The number of pyridine rings is 1. The molecule has 2 amide bonds. The third kappa shape index (κ3) is 3.21. The molecule has 0 radical (unpaired) electrons. The number of carbonyl (C=O) groups excluding carboxylic acids is 2. The van der Waals surface area contributed by atoms with Crippen LogP contribution in [-0.2, 0) is 4.74 Å². The molecule has 1 aromatic heterocycles. The van der Waals surface area contributed by atoms with Gasteiger partial charge in [-0.1, -0.05) is 0 Å². The van der Waals surface area contributed by atoms with E-state index in [0.717, 1.165) is 26.0 Å². The van der Waals surface area contributed by atoms with E-state index in [1.54, 1.807) is 17.0 Å². The molecule has 112 valence electrons. The topological polar surface area (TPSA) is 71.5 Å². The van der Waals surface area contributed by atoms with Crippen LogP contribution < -0.4 is 5.32 Å². The highest BCUT2D eigenvalue weighted by atomic mass is 16.5. The van der Waals surface area contributed by atoms with Gasteiger partial charge in [0.2, 0.25) is 0 Å². The minimum atomic E-state index is -0.158. The van der Waals surface area contributed by atoms with Crippen molar-refractivity contribution < 1.29 is 14.3 Å². The highest BCUT2D eigenvalue weighted by molar-refractivity contribution is 5.94. The molecule has 1 saturated heterocycles. The fourth-order valence-corrected chi connectivity index (χ4v) is 2.51. The number of anilines is 1. The van der Waals surface area contributed by atoms with Crippen molar-refractivity contribution in [2.24, 2.45) is 5.41 Å². The molecule has 1 saturated carbocycles. The molecule has 0 bridgehead atoms. The summed E-state index contributed by atoms with van der Waals surface area (Å²) in [7, 11) is 0. The van der Waals surface area contributed by atoms with Gasteiger partial charge in [0.05, 0.1) is 13.2 Å². The molecule has 2 aliphatic rings. The number of ether oxygens (including phenoxy) is 1. The maximum Gasteiger partial charge on any atom is 0.323 e. The third-order valence-corrected chi connectivity index (χ3v) is 4.09. The van der Waals surface area contributed by atoms with Crippen LogP contribution in [0.1, 0.15) is 30.1 Å². The fourth-order valence-electron chi connectivity index (χ4n) is 2.51. The predicted molar refractivity (Wildman–Crippen MR) is 77.3 cm³/mol. The van der Waals surface area contributed by atoms with Crippen molar-refractivity contribution in [3.8, 4) is 0 Å². The van der Waals surface area contributed by atoms with Gasteiger partial charge in [0.25, 0.3) is 0 Å². The zero-order valence-electron chi connectivity index (χ0n) is 12.1. The first-order valence-corrected chi connectivity index (χ1v) is 7.19. The highest BCUT2D eigenvalue weighted by Gasteiger charge is 2.46. The summed E-state index contributed by atoms with van der Waals surface area (Å²) < 4.78 is 5.57. The van der Waals surface area contributed by atoms with E-state index in [2.05, 4.69) is 10.3 Å². The molecule has 0 atom stereocenters. The van der Waals surface area contributed by atoms with E-state index in [1.807, 2.05) is 0 Å². The summed E-state index contributed by atoms with van der Waals surface area (Å²) in [5.74, 6) is 0.417. The van der Waals surface area contributed by atoms with Crippen LogP contribution in [0.2, 0.25) is 0 Å². The number of urea groups is 1. The first kappa shape index (κ1) is 14.0. The van der Waals surface area contributed by atoms with E-state index in [4.69, 9.17) is 4.74 Å². The lowest BCUT2D eigenvalue weighted by molar-refractivity contribution is 0.101. The molecule has 3 rings (SSSR count). The molecular formula is C15H19N3O3. The fraction of sp³-hybridized carbons (Fsp3) is 0.533. The molecule has 2 heterocycles. The maximum absolute atomic E-state index is 12.3. The second kappa shape index (κ2) is 5.44. The Kier molecular flexibility index (Phi) is 3.63. The standard InChI is InChI=1S/C15H19N3O3/c1-11(19)12-2-3-13(16-8-12)17-14(20)18-6-7-21-10-15(9-18)4-5-15/h2-3,8H,4-7,9-10H2,1H3,(H,16,17,20). The monoisotopic (exact) mass is 289 g/mol. The van der Waals surface area contributed by atoms with Crippen LogP contribution in [0.4, 0.5) is 10.6 Å². The van der Waals surface area contributed by atoms with E-state index in [0.29, 0.717) is 24.5 Å². The van der Waals surface area contributed by atoms with Crippen LogP contribution in [0.5, 0.6) is 0 Å². The number of hydrogen-bond acceptors (Lipinski definition) is 4. The van der Waals surface area contributed by atoms with Gasteiger partial charge in [-0.25, -0.2) is 9.78 Å². The van der Waals surface area contributed by atoms with Gasteiger partial charge in [-0.2, -0.15) is 0 Å². The lowest BCUT2D eigenvalue weighted by atomic mass is 10.1. The third-order valence-electron chi connectivity index (χ3n) is 4.09. The summed E-state index contributed by atoms with van der Waals surface area (Å²) in [5, 5.41) is 2.78. The summed E-state index contributed by atoms with van der Waals surface area (Å²) in [5.41, 5.74) is 0.716. The number of nitrogens with one attached hydrogen (secondary N) is 1. The van der Waals surface area contributed by atoms with Gasteiger partial charge in [0, 0.05) is 30.3 Å². The van der Waals surface area contributed by atoms with Crippen LogP contribution in [-0.4, -0.2) is 48.0 Å². The number of aromatic nitrogens is 1. The van der Waals surface area contributed by atoms with E-state index in [-0.39, 0.29) is 17.2 Å². The van der Waals surface area contributed by atoms with Gasteiger partial charge in [0.1, 0.15) is 5.82 Å². The Hall–Kier alpha value is -1.95. The van der Waals surface area contributed by atoms with Crippen molar-refractivity contribution in [1.82, 2.24) is 9.88 Å². The van der Waals surface area contributed by atoms with Crippen molar-refractivity contribution in [3.63, 3.8) is 0 Å². The molecule has 1 N–H and O–H groups in total. The zero-order valence-corrected chi connectivity index (χ0v) is 12.1. The molecule has 6 heteroatoms. The van der Waals surface area contributed by atoms with Crippen molar-refractivity contribution in [1.29, 1.82) is 0 Å². The smallest absolute Gasteiger partial charge is 0.323 e. The molecule has 1 aliphatic heterocycles. The predicted octanol–water partition coefficient (Wildman–Crippen LogP) is 1.93. The van der Waals surface area contributed by atoms with Gasteiger partial charge >= 0.3 is 6.03 Å². The first-order chi connectivity index (χ1) is 10.1. The van der Waals surface area contributed by atoms with Crippen LogP contribution in [0, 0.1) is 5.41 Å². The summed E-state index contributed by atoms with van der Waals surface area (Å²) >= 11 is 0. The molecule has 1 aromatic rings. The Morgan fingerprint density at radius 3 is 2.81 bits per heavy atom. The van der Waals surface area contributed by atoms with Crippen LogP contribution in [0.25, 0.3) is 0 Å². The number of carbonyl (C=O) groups is 2. The van der Waals surface area contributed by atoms with Crippen molar-refractivity contribution in [3.05, 3.63) is 23.9 Å². The van der Waals surface area contributed by atoms with Crippen molar-refractivity contribution in [2.75, 3.05) is 31.6 Å². The van der Waals surface area contributed by atoms with Crippen LogP contribution in [0.3, 0.4) is 0 Å². The lowest BCUT2D eigenvalue weighted by Gasteiger charge is -2.23. The Morgan fingerprint density at radius 1 is 1.38 bits per heavy atom. The first-order valence-electron chi connectivity index (χ1n) is 7.19. The quantitative estimate of drug-likeness (QED) is 0.844. The number of amides is 2. The van der Waals surface area contributed by atoms with E-state index in [1.165, 1.54) is 13.1 Å².